The van der Waals surface area contributed by atoms with Crippen LogP contribution in [0.3, 0.4) is 0 Å². The first-order valence-corrected chi connectivity index (χ1v) is 15.2. The number of hydrogen-bond acceptors (Lipinski definition) is 7. The number of amides is 3. The van der Waals surface area contributed by atoms with Gasteiger partial charge in [0.15, 0.2) is 0 Å². The topological polar surface area (TPSA) is 146 Å². The number of benzene rings is 2. The van der Waals surface area contributed by atoms with Gasteiger partial charge < -0.3 is 26.0 Å². The van der Waals surface area contributed by atoms with Gasteiger partial charge in [0.2, 0.25) is 27.7 Å². The van der Waals surface area contributed by atoms with Gasteiger partial charge in [-0.25, -0.2) is 8.42 Å². The third kappa shape index (κ3) is 7.56. The fraction of sp³-hybridized carbons (Fsp3) is 0.464. The van der Waals surface area contributed by atoms with Crippen LogP contribution in [0.4, 0.5) is 5.69 Å². The van der Waals surface area contributed by atoms with Gasteiger partial charge in [0.1, 0.15) is 11.8 Å². The summed E-state index contributed by atoms with van der Waals surface area (Å²) in [6, 6.07) is 7.68. The second kappa shape index (κ2) is 12.4. The fourth-order valence-corrected chi connectivity index (χ4v) is 6.58. The summed E-state index contributed by atoms with van der Waals surface area (Å²) in [5.74, 6) is -0.678. The van der Waals surface area contributed by atoms with Crippen molar-refractivity contribution in [2.45, 2.75) is 69.6 Å². The number of hydrogen-bond donors (Lipinski definition) is 4. The van der Waals surface area contributed by atoms with Gasteiger partial charge in [-0.3, -0.25) is 14.4 Å². The van der Waals surface area contributed by atoms with Gasteiger partial charge in [0, 0.05) is 54.8 Å². The lowest BCUT2D eigenvalue weighted by Gasteiger charge is -2.34. The molecule has 4 N–H and O–H groups in total. The van der Waals surface area contributed by atoms with E-state index < -0.39 is 33.9 Å². The first-order chi connectivity index (χ1) is 19.2. The lowest BCUT2D eigenvalue weighted by Crippen LogP contribution is -2.58. The summed E-state index contributed by atoms with van der Waals surface area (Å²) in [6.07, 6.45) is 0.136. The van der Waals surface area contributed by atoms with Gasteiger partial charge in [-0.05, 0) is 62.7 Å². The van der Waals surface area contributed by atoms with Gasteiger partial charge in [0.25, 0.3) is 0 Å². The Bertz CT molecular complexity index is 1420. The number of ether oxygens (including phenoxy) is 1. The molecule has 2 heterocycles. The molecule has 1 unspecified atom stereocenters. The highest BCUT2D eigenvalue weighted by Gasteiger charge is 2.40. The summed E-state index contributed by atoms with van der Waals surface area (Å²) in [6.45, 7) is 8.60. The number of carbonyl (C=O) groups excluding carboxylic acids is 3. The number of nitrogens with zero attached hydrogens (tertiary/aromatic N) is 1. The van der Waals surface area contributed by atoms with Crippen molar-refractivity contribution in [3.05, 3.63) is 52.5 Å². The van der Waals surface area contributed by atoms with Crippen molar-refractivity contribution >= 4 is 45.0 Å². The first kappa shape index (κ1) is 30.8. The number of carbonyl (C=O) groups is 3. The second-order valence-corrected chi connectivity index (χ2v) is 13.5. The van der Waals surface area contributed by atoms with Crippen LogP contribution in [0.2, 0.25) is 5.02 Å². The van der Waals surface area contributed by atoms with Crippen molar-refractivity contribution in [3.8, 4) is 5.75 Å². The molecule has 0 spiro atoms. The molecule has 11 nitrogen and oxygen atoms in total. The van der Waals surface area contributed by atoms with E-state index in [1.807, 2.05) is 6.07 Å². The number of anilines is 1. The summed E-state index contributed by atoms with van der Waals surface area (Å²) in [4.78, 5) is 37.3. The van der Waals surface area contributed by atoms with Crippen molar-refractivity contribution in [2.24, 2.45) is 0 Å². The van der Waals surface area contributed by atoms with Gasteiger partial charge in [-0.15, -0.1) is 0 Å². The van der Waals surface area contributed by atoms with Crippen LogP contribution in [0.15, 0.2) is 41.3 Å². The van der Waals surface area contributed by atoms with Gasteiger partial charge in [0.05, 0.1) is 24.0 Å². The predicted molar refractivity (Wildman–Crippen MR) is 155 cm³/mol. The van der Waals surface area contributed by atoms with Crippen LogP contribution in [-0.2, 0) is 31.0 Å². The molecule has 0 saturated carbocycles. The Balaban J connectivity index is 1.49. The molecule has 1 fully saturated rings. The molecule has 41 heavy (non-hydrogen) atoms. The smallest absolute Gasteiger partial charge is 0.243 e. The summed E-state index contributed by atoms with van der Waals surface area (Å²) in [5.41, 5.74) is 1.95. The SMILES string of the molecule is CC(=O)Nc1ccc(S(=O)(=O)N2CCNC(=O)C2CC(=O)N[C@@H]2CCOc3cc(CNC(C)(C)C)c(Cl)cc32)cc1. The van der Waals surface area contributed by atoms with Crippen LogP contribution in [0.1, 0.15) is 57.7 Å². The molecule has 4 rings (SSSR count). The third-order valence-electron chi connectivity index (χ3n) is 6.80. The maximum absolute atomic E-state index is 13.5. The second-order valence-electron chi connectivity index (χ2n) is 11.2. The Morgan fingerprint density at radius 2 is 1.88 bits per heavy atom. The summed E-state index contributed by atoms with van der Waals surface area (Å²) >= 11 is 6.57. The Morgan fingerprint density at radius 1 is 1.17 bits per heavy atom. The van der Waals surface area contributed by atoms with Crippen molar-refractivity contribution in [2.75, 3.05) is 25.0 Å². The van der Waals surface area contributed by atoms with E-state index in [4.69, 9.17) is 16.3 Å². The number of piperazine rings is 1. The minimum atomic E-state index is -4.11. The number of halogens is 1. The van der Waals surface area contributed by atoms with Crippen molar-refractivity contribution < 1.29 is 27.5 Å². The highest BCUT2D eigenvalue weighted by molar-refractivity contribution is 7.89. The molecule has 2 aromatic rings. The molecule has 222 valence electrons. The van der Waals surface area contributed by atoms with E-state index >= 15 is 0 Å². The van der Waals surface area contributed by atoms with E-state index in [2.05, 4.69) is 42.0 Å². The fourth-order valence-electron chi connectivity index (χ4n) is 4.75. The van der Waals surface area contributed by atoms with Crippen LogP contribution in [0.5, 0.6) is 5.75 Å². The van der Waals surface area contributed by atoms with Crippen molar-refractivity contribution in [1.29, 1.82) is 0 Å². The monoisotopic (exact) mass is 605 g/mol. The number of fused-ring (bicyclic) bond motifs is 1. The van der Waals surface area contributed by atoms with E-state index in [1.54, 1.807) is 6.07 Å². The number of sulfonamides is 1. The zero-order valence-corrected chi connectivity index (χ0v) is 25.1. The van der Waals surface area contributed by atoms with Gasteiger partial charge in [-0.2, -0.15) is 4.31 Å². The largest absolute Gasteiger partial charge is 0.493 e. The average Bonchev–Trinajstić information content (AvgIpc) is 2.88. The van der Waals surface area contributed by atoms with E-state index in [1.165, 1.54) is 31.2 Å². The average molecular weight is 606 g/mol. The number of rotatable bonds is 8. The lowest BCUT2D eigenvalue weighted by molar-refractivity contribution is -0.132. The predicted octanol–water partition coefficient (Wildman–Crippen LogP) is 2.71. The maximum Gasteiger partial charge on any atom is 0.243 e. The third-order valence-corrected chi connectivity index (χ3v) is 9.08. The molecule has 0 aliphatic carbocycles. The Labute approximate surface area is 245 Å². The zero-order chi connectivity index (χ0) is 29.9. The Hall–Kier alpha value is -3.19. The highest BCUT2D eigenvalue weighted by atomic mass is 35.5. The minimum Gasteiger partial charge on any atom is -0.493 e. The maximum atomic E-state index is 13.5. The molecule has 2 aliphatic rings. The zero-order valence-electron chi connectivity index (χ0n) is 23.5. The minimum absolute atomic E-state index is 0.0144. The van der Waals surface area contributed by atoms with Crippen LogP contribution >= 0.6 is 11.6 Å². The number of nitrogens with one attached hydrogen (secondary N) is 4. The van der Waals surface area contributed by atoms with Crippen molar-refractivity contribution in [3.63, 3.8) is 0 Å². The molecular formula is C28H36ClN5O6S. The molecule has 13 heteroatoms. The summed E-state index contributed by atoms with van der Waals surface area (Å²) < 4.78 is 33.9. The lowest BCUT2D eigenvalue weighted by atomic mass is 9.97. The van der Waals surface area contributed by atoms with Gasteiger partial charge in [-0.1, -0.05) is 11.6 Å². The molecule has 2 aliphatic heterocycles. The van der Waals surface area contributed by atoms with E-state index in [0.29, 0.717) is 36.0 Å². The molecular weight excluding hydrogens is 570 g/mol. The normalized spacial score (nSPS) is 19.5. The Morgan fingerprint density at radius 3 is 2.54 bits per heavy atom. The summed E-state index contributed by atoms with van der Waals surface area (Å²) in [7, 11) is -4.11. The van der Waals surface area contributed by atoms with E-state index in [0.717, 1.165) is 15.4 Å². The van der Waals surface area contributed by atoms with E-state index in [9.17, 15) is 22.8 Å². The molecule has 3 amide bonds. The van der Waals surface area contributed by atoms with Crippen LogP contribution < -0.4 is 26.0 Å². The molecule has 0 radical (unpaired) electrons. The molecule has 2 aromatic carbocycles. The standard InChI is InChI=1S/C28H36ClN5O6S/c1-17(35)32-19-5-7-20(8-6-19)41(38,39)34-11-10-30-27(37)24(34)15-26(36)33-23-9-12-40-25-13-18(16-31-28(2,3)4)22(29)14-21(23)25/h5-8,13-14,23-24,31H,9-12,15-16H2,1-4H3,(H,30,37)(H,32,35)(H,33,36)/t23-,24?/m1/s1. The molecule has 0 bridgehead atoms. The van der Waals surface area contributed by atoms with Crippen molar-refractivity contribution in [1.82, 2.24) is 20.3 Å². The molecule has 0 aromatic heterocycles. The van der Waals surface area contributed by atoms with Gasteiger partial charge >= 0.3 is 0 Å². The van der Waals surface area contributed by atoms with E-state index in [-0.39, 0.29) is 35.9 Å². The van der Waals surface area contributed by atoms with Crippen LogP contribution in [-0.4, -0.2) is 61.7 Å². The highest BCUT2D eigenvalue weighted by Crippen LogP contribution is 2.36. The Kier molecular flexibility index (Phi) is 9.27. The summed E-state index contributed by atoms with van der Waals surface area (Å²) in [5, 5.41) is 12.1. The quantitative estimate of drug-likeness (QED) is 0.362. The van der Waals surface area contributed by atoms with Crippen LogP contribution in [0.25, 0.3) is 0 Å². The molecule has 1 saturated heterocycles. The first-order valence-electron chi connectivity index (χ1n) is 13.4. The molecule has 2 atom stereocenters. The van der Waals surface area contributed by atoms with Crippen LogP contribution in [0, 0.1) is 0 Å².